The van der Waals surface area contributed by atoms with Crippen LogP contribution in [0.1, 0.15) is 44.3 Å². The van der Waals surface area contributed by atoms with Crippen LogP contribution in [0, 0.1) is 0 Å². The van der Waals surface area contributed by atoms with Crippen LogP contribution in [0.15, 0.2) is 12.3 Å². The Morgan fingerprint density at radius 2 is 2.12 bits per heavy atom. The molecular weight excluding hydrogens is 212 g/mol. The Kier molecular flexibility index (Phi) is 2.71. The van der Waals surface area contributed by atoms with E-state index in [1.54, 1.807) is 0 Å². The summed E-state index contributed by atoms with van der Waals surface area (Å²) < 4.78 is 2.21. The van der Waals surface area contributed by atoms with E-state index in [0.717, 1.165) is 12.8 Å². The number of rotatable bonds is 3. The molecule has 0 unspecified atom stereocenters. The maximum Gasteiger partial charge on any atom is 0.0586 e. The molecule has 1 aromatic rings. The predicted octanol–water partition coefficient (Wildman–Crippen LogP) is 1.49. The van der Waals surface area contributed by atoms with E-state index in [1.165, 1.54) is 38.2 Å². The Bertz CT molecular complexity index is 386. The van der Waals surface area contributed by atoms with Crippen molar-refractivity contribution >= 4 is 0 Å². The average Bonchev–Trinajstić information content (AvgIpc) is 2.94. The summed E-state index contributed by atoms with van der Waals surface area (Å²) >= 11 is 0. The summed E-state index contributed by atoms with van der Waals surface area (Å²) in [4.78, 5) is 2.51. The van der Waals surface area contributed by atoms with Gasteiger partial charge in [0.15, 0.2) is 0 Å². The molecule has 4 heteroatoms. The van der Waals surface area contributed by atoms with Crippen LogP contribution >= 0.6 is 0 Å². The molecule has 3 rings (SSSR count). The first kappa shape index (κ1) is 11.2. The number of hydrogen-bond donors (Lipinski definition) is 1. The number of nitrogens with zero attached hydrogens (tertiary/aromatic N) is 3. The molecule has 94 valence electrons. The van der Waals surface area contributed by atoms with E-state index in [2.05, 4.69) is 27.7 Å². The first-order valence-electron chi connectivity index (χ1n) is 6.78. The first-order valence-corrected chi connectivity index (χ1v) is 6.78. The number of likely N-dealkylation sites (tertiary alicyclic amines) is 1. The molecule has 2 fully saturated rings. The van der Waals surface area contributed by atoms with Crippen LogP contribution in [0.3, 0.4) is 0 Å². The van der Waals surface area contributed by atoms with Crippen molar-refractivity contribution in [3.63, 3.8) is 0 Å². The SMILES string of the molecule is CCN1CCC(n2nccc2C2(N)CC2)CC1. The zero-order valence-electron chi connectivity index (χ0n) is 10.6. The van der Waals surface area contributed by atoms with Crippen LogP contribution in [-0.4, -0.2) is 34.3 Å². The molecule has 0 amide bonds. The standard InChI is InChI=1S/C13H22N4/c1-2-16-9-4-11(5-10-16)17-12(3-8-15-17)13(14)6-7-13/h3,8,11H,2,4-7,9-10,14H2,1H3. The van der Waals surface area contributed by atoms with Gasteiger partial charge in [-0.3, -0.25) is 4.68 Å². The zero-order chi connectivity index (χ0) is 11.9. The highest BCUT2D eigenvalue weighted by Gasteiger charge is 2.43. The minimum Gasteiger partial charge on any atom is -0.320 e. The fourth-order valence-electron chi connectivity index (χ4n) is 2.87. The van der Waals surface area contributed by atoms with Gasteiger partial charge in [0.1, 0.15) is 0 Å². The molecule has 2 N–H and O–H groups in total. The van der Waals surface area contributed by atoms with Crippen molar-refractivity contribution in [1.82, 2.24) is 14.7 Å². The highest BCUT2D eigenvalue weighted by Crippen LogP contribution is 2.43. The third kappa shape index (κ3) is 2.00. The van der Waals surface area contributed by atoms with Gasteiger partial charge in [-0.05, 0) is 38.3 Å². The van der Waals surface area contributed by atoms with Gasteiger partial charge in [-0.15, -0.1) is 0 Å². The van der Waals surface area contributed by atoms with Crippen molar-refractivity contribution in [2.45, 2.75) is 44.2 Å². The van der Waals surface area contributed by atoms with Crippen molar-refractivity contribution in [3.8, 4) is 0 Å². The summed E-state index contributed by atoms with van der Waals surface area (Å²) in [6, 6.07) is 2.67. The number of nitrogens with two attached hydrogens (primary N) is 1. The molecule has 0 bridgehead atoms. The van der Waals surface area contributed by atoms with Gasteiger partial charge in [0.05, 0.1) is 17.3 Å². The van der Waals surface area contributed by atoms with E-state index in [9.17, 15) is 0 Å². The summed E-state index contributed by atoms with van der Waals surface area (Å²) in [5.41, 5.74) is 7.50. The molecule has 1 aromatic heterocycles. The molecule has 0 atom stereocenters. The third-order valence-electron chi connectivity index (χ3n) is 4.32. The van der Waals surface area contributed by atoms with Gasteiger partial charge >= 0.3 is 0 Å². The molecule has 4 nitrogen and oxygen atoms in total. The van der Waals surface area contributed by atoms with Gasteiger partial charge in [0.25, 0.3) is 0 Å². The molecule has 0 aromatic carbocycles. The lowest BCUT2D eigenvalue weighted by molar-refractivity contribution is 0.184. The summed E-state index contributed by atoms with van der Waals surface area (Å²) in [5.74, 6) is 0. The molecule has 1 aliphatic carbocycles. The van der Waals surface area contributed by atoms with Gasteiger partial charge < -0.3 is 10.6 Å². The summed E-state index contributed by atoms with van der Waals surface area (Å²) in [7, 11) is 0. The molecule has 1 saturated carbocycles. The predicted molar refractivity (Wildman–Crippen MR) is 67.7 cm³/mol. The van der Waals surface area contributed by atoms with Crippen LogP contribution in [-0.2, 0) is 5.54 Å². The largest absolute Gasteiger partial charge is 0.320 e. The average molecular weight is 234 g/mol. The number of aromatic nitrogens is 2. The topological polar surface area (TPSA) is 47.1 Å². The highest BCUT2D eigenvalue weighted by molar-refractivity contribution is 5.22. The Morgan fingerprint density at radius 3 is 2.71 bits per heavy atom. The zero-order valence-corrected chi connectivity index (χ0v) is 10.6. The van der Waals surface area contributed by atoms with Crippen LogP contribution in [0.5, 0.6) is 0 Å². The second kappa shape index (κ2) is 4.10. The molecule has 0 radical (unpaired) electrons. The number of piperidine rings is 1. The molecule has 2 aliphatic rings. The van der Waals surface area contributed by atoms with E-state index >= 15 is 0 Å². The first-order chi connectivity index (χ1) is 8.23. The van der Waals surface area contributed by atoms with E-state index in [0.29, 0.717) is 6.04 Å². The minimum atomic E-state index is -0.0572. The van der Waals surface area contributed by atoms with Crippen LogP contribution in [0.4, 0.5) is 0 Å². The monoisotopic (exact) mass is 234 g/mol. The van der Waals surface area contributed by atoms with Crippen molar-refractivity contribution in [2.75, 3.05) is 19.6 Å². The summed E-state index contributed by atoms with van der Waals surface area (Å²) in [6.45, 7) is 5.79. The van der Waals surface area contributed by atoms with Gasteiger partial charge in [0, 0.05) is 19.3 Å². The Morgan fingerprint density at radius 1 is 1.41 bits per heavy atom. The fraction of sp³-hybridized carbons (Fsp3) is 0.769. The molecule has 17 heavy (non-hydrogen) atoms. The summed E-state index contributed by atoms with van der Waals surface area (Å²) in [5, 5.41) is 4.52. The van der Waals surface area contributed by atoms with Gasteiger partial charge in [-0.2, -0.15) is 5.10 Å². The molecule has 2 heterocycles. The lowest BCUT2D eigenvalue weighted by atomic mass is 10.0. The lowest BCUT2D eigenvalue weighted by Gasteiger charge is -2.32. The minimum absolute atomic E-state index is 0.0572. The smallest absolute Gasteiger partial charge is 0.0586 e. The number of hydrogen-bond acceptors (Lipinski definition) is 3. The van der Waals surface area contributed by atoms with Crippen LogP contribution < -0.4 is 5.73 Å². The third-order valence-corrected chi connectivity index (χ3v) is 4.32. The van der Waals surface area contributed by atoms with Crippen molar-refractivity contribution in [1.29, 1.82) is 0 Å². The molecule has 1 saturated heterocycles. The van der Waals surface area contributed by atoms with Gasteiger partial charge in [-0.1, -0.05) is 6.92 Å². The second-order valence-electron chi connectivity index (χ2n) is 5.48. The fourth-order valence-corrected chi connectivity index (χ4v) is 2.87. The van der Waals surface area contributed by atoms with Crippen LogP contribution in [0.25, 0.3) is 0 Å². The Labute approximate surface area is 103 Å². The molecular formula is C13H22N4. The van der Waals surface area contributed by atoms with Crippen molar-refractivity contribution < 1.29 is 0 Å². The Balaban J connectivity index is 1.75. The molecule has 1 aliphatic heterocycles. The maximum atomic E-state index is 6.30. The normalized spacial score (nSPS) is 25.1. The van der Waals surface area contributed by atoms with E-state index < -0.39 is 0 Å². The van der Waals surface area contributed by atoms with E-state index in [4.69, 9.17) is 5.73 Å². The van der Waals surface area contributed by atoms with E-state index in [-0.39, 0.29) is 5.54 Å². The molecule has 0 spiro atoms. The summed E-state index contributed by atoms with van der Waals surface area (Å²) in [6.07, 6.45) is 6.56. The Hall–Kier alpha value is -0.870. The van der Waals surface area contributed by atoms with Gasteiger partial charge in [-0.25, -0.2) is 0 Å². The lowest BCUT2D eigenvalue weighted by Crippen LogP contribution is -2.36. The second-order valence-corrected chi connectivity index (χ2v) is 5.48. The van der Waals surface area contributed by atoms with Gasteiger partial charge in [0.2, 0.25) is 0 Å². The van der Waals surface area contributed by atoms with Crippen molar-refractivity contribution in [3.05, 3.63) is 18.0 Å². The maximum absolute atomic E-state index is 6.30. The van der Waals surface area contributed by atoms with Crippen LogP contribution in [0.2, 0.25) is 0 Å². The quantitative estimate of drug-likeness (QED) is 0.862. The highest BCUT2D eigenvalue weighted by atomic mass is 15.3. The van der Waals surface area contributed by atoms with E-state index in [1.807, 2.05) is 6.20 Å². The van der Waals surface area contributed by atoms with Crippen molar-refractivity contribution in [2.24, 2.45) is 5.73 Å².